The first-order chi connectivity index (χ1) is 24.0. The van der Waals surface area contributed by atoms with Crippen molar-refractivity contribution in [1.82, 2.24) is 19.5 Å². The summed E-state index contributed by atoms with van der Waals surface area (Å²) in [7, 11) is -2.61. The number of nitrogens with one attached hydrogen (secondary N) is 1. The zero-order valence-corrected chi connectivity index (χ0v) is 34.3. The lowest BCUT2D eigenvalue weighted by molar-refractivity contribution is -0.787. The van der Waals surface area contributed by atoms with Crippen molar-refractivity contribution >= 4 is 51.4 Å². The predicted octanol–water partition coefficient (Wildman–Crippen LogP) is 3.43. The molecule has 0 bridgehead atoms. The van der Waals surface area contributed by atoms with Crippen LogP contribution >= 0.6 is 0 Å². The van der Waals surface area contributed by atoms with Gasteiger partial charge in [-0.1, -0.05) is 50.9 Å². The number of imidazole rings is 1. The zero-order chi connectivity index (χ0) is 36.9. The van der Waals surface area contributed by atoms with Gasteiger partial charge in [0.05, 0.1) is 42.5 Å². The molecule has 51 heavy (non-hydrogen) atoms. The minimum absolute atomic E-state index is 0.0756. The van der Waals surface area contributed by atoms with E-state index in [0.29, 0.717) is 73.5 Å². The van der Waals surface area contributed by atoms with E-state index < -0.39 is 23.3 Å². The molecule has 2 aromatic heterocycles. The largest absolute Gasteiger partial charge is 0.490 e. The molecule has 0 unspecified atom stereocenters. The van der Waals surface area contributed by atoms with E-state index in [1.165, 1.54) is 17.7 Å². The molecule has 2 fully saturated rings. The standard InChI is InChI=1S/C36H59BN6O6Si2/c1-25(41-10-12-47-13-11-41)35(44)40(3)27-19-29(37(45)46)33-30(20-27)42(23-48-14-16-50(4,5)6)34(38-33)32-28-18-26-21-36(26,2)22-31(28)43(39-32)24-49-15-17-51(7,8)9/h19-20,25-26,45-46H,10-18,21-24H2,1-9H3/p+1/t25-,26+,36+/m0/s1. The van der Waals surface area contributed by atoms with Crippen LogP contribution in [0, 0.1) is 11.3 Å². The highest BCUT2D eigenvalue weighted by Gasteiger charge is 2.56. The molecule has 280 valence electrons. The topological polar surface area (TPSA) is 129 Å². The minimum atomic E-state index is -1.79. The lowest BCUT2D eigenvalue weighted by atomic mass is 9.79. The van der Waals surface area contributed by atoms with E-state index in [1.807, 2.05) is 17.6 Å². The Balaban J connectivity index is 1.42. The number of morpholine rings is 1. The molecular weight excluding hydrogens is 679 g/mol. The lowest BCUT2D eigenvalue weighted by Crippen LogP contribution is -2.50. The van der Waals surface area contributed by atoms with Crippen molar-refractivity contribution in [3.8, 4) is 11.5 Å². The maximum absolute atomic E-state index is 13.8. The van der Waals surface area contributed by atoms with E-state index in [2.05, 4.69) is 60.9 Å². The van der Waals surface area contributed by atoms with Gasteiger partial charge in [-0.2, -0.15) is 5.10 Å². The number of H-pyrrole nitrogens is 1. The highest BCUT2D eigenvalue weighted by Crippen LogP contribution is 2.59. The molecule has 0 radical (unpaired) electrons. The van der Waals surface area contributed by atoms with Gasteiger partial charge in [0, 0.05) is 60.5 Å². The number of likely N-dealkylation sites (N-methyl/N-ethyl adjacent to an activating group) is 1. The molecule has 3 aromatic rings. The third-order valence-electron chi connectivity index (χ3n) is 11.3. The van der Waals surface area contributed by atoms with Gasteiger partial charge in [0.2, 0.25) is 11.6 Å². The maximum Gasteiger partial charge on any atom is 0.490 e. The summed E-state index contributed by atoms with van der Waals surface area (Å²) in [4.78, 5) is 22.7. The number of aromatic nitrogens is 4. The van der Waals surface area contributed by atoms with Gasteiger partial charge in [-0.15, -0.1) is 0 Å². The number of hydrogen-bond donors (Lipinski definition) is 3. The number of ether oxygens (including phenoxy) is 3. The molecule has 1 aliphatic heterocycles. The van der Waals surface area contributed by atoms with E-state index >= 15 is 0 Å². The first-order valence-electron chi connectivity index (χ1n) is 18.7. The van der Waals surface area contributed by atoms with Crippen LogP contribution in [0.3, 0.4) is 0 Å². The van der Waals surface area contributed by atoms with Gasteiger partial charge >= 0.3 is 7.12 Å². The third-order valence-corrected chi connectivity index (χ3v) is 14.7. The first kappa shape index (κ1) is 38.4. The van der Waals surface area contributed by atoms with Gasteiger partial charge in [-0.25, -0.2) is 4.98 Å². The maximum atomic E-state index is 13.8. The number of benzene rings is 1. The number of aromatic amines is 1. The van der Waals surface area contributed by atoms with Crippen molar-refractivity contribution in [3.05, 3.63) is 23.4 Å². The number of carbonyl (C=O) groups is 1. The number of rotatable bonds is 15. The summed E-state index contributed by atoms with van der Waals surface area (Å²) >= 11 is 0. The summed E-state index contributed by atoms with van der Waals surface area (Å²) in [6, 6.07) is 5.37. The van der Waals surface area contributed by atoms with Gasteiger partial charge in [-0.3, -0.25) is 14.3 Å². The van der Waals surface area contributed by atoms with Crippen LogP contribution in [0.15, 0.2) is 12.1 Å². The van der Waals surface area contributed by atoms with Gasteiger partial charge in [0.25, 0.3) is 6.73 Å². The number of amides is 1. The molecule has 6 rings (SSSR count). The summed E-state index contributed by atoms with van der Waals surface area (Å²) in [6.07, 6.45) is 3.14. The molecule has 1 saturated heterocycles. The van der Waals surface area contributed by atoms with E-state index in [9.17, 15) is 14.8 Å². The van der Waals surface area contributed by atoms with Crippen LogP contribution < -0.4 is 15.0 Å². The normalized spacial score (nSPS) is 21.4. The van der Waals surface area contributed by atoms with E-state index in [0.717, 1.165) is 37.2 Å². The fourth-order valence-corrected chi connectivity index (χ4v) is 9.02. The van der Waals surface area contributed by atoms with Crippen molar-refractivity contribution < 1.29 is 33.7 Å². The SMILES string of the molecule is C[C@@H](C(=O)N(C)c1cc(B(O)O)c2nc(-c3[nH][n+](COCC[Si](C)(C)C)c4c3C[C@@H]3C[C@]3(C)C4)n(COCC[Si](C)(C)C)c2c1)N1CCOCC1. The Morgan fingerprint density at radius 1 is 1.14 bits per heavy atom. The van der Waals surface area contributed by atoms with Crippen LogP contribution in [-0.4, -0.2) is 111 Å². The second-order valence-corrected chi connectivity index (χ2v) is 29.1. The molecule has 3 N–H and O–H groups in total. The third kappa shape index (κ3) is 8.56. The Bertz CT molecular complexity index is 1730. The summed E-state index contributed by atoms with van der Waals surface area (Å²) in [6.45, 7) is 23.0. The van der Waals surface area contributed by atoms with E-state index in [4.69, 9.17) is 19.2 Å². The fourth-order valence-electron chi connectivity index (χ4n) is 7.50. The van der Waals surface area contributed by atoms with E-state index in [-0.39, 0.29) is 24.1 Å². The quantitative estimate of drug-likeness (QED) is 0.123. The number of fused-ring (bicyclic) bond motifs is 3. The number of anilines is 1. The highest BCUT2D eigenvalue weighted by atomic mass is 28.3. The second kappa shape index (κ2) is 14.8. The summed E-state index contributed by atoms with van der Waals surface area (Å²) in [5, 5.41) is 25.2. The van der Waals surface area contributed by atoms with Gasteiger partial charge < -0.3 is 29.2 Å². The zero-order valence-electron chi connectivity index (χ0n) is 32.3. The molecule has 0 spiro atoms. The second-order valence-electron chi connectivity index (χ2n) is 17.8. The molecule has 1 aromatic carbocycles. The number of hydrogen-bond acceptors (Lipinski definition) is 8. The Kier molecular flexibility index (Phi) is 11.1. The smallest absolute Gasteiger partial charge is 0.423 e. The van der Waals surface area contributed by atoms with E-state index in [1.54, 1.807) is 18.0 Å². The van der Waals surface area contributed by atoms with Gasteiger partial charge in [0.15, 0.2) is 5.82 Å². The predicted molar refractivity (Wildman–Crippen MR) is 207 cm³/mol. The molecule has 15 heteroatoms. The van der Waals surface area contributed by atoms with Gasteiger partial charge in [-0.05, 0) is 55.3 Å². The van der Waals surface area contributed by atoms with Gasteiger partial charge in [0.1, 0.15) is 12.4 Å². The van der Waals surface area contributed by atoms with Crippen LogP contribution in [0.4, 0.5) is 5.69 Å². The van der Waals surface area contributed by atoms with Crippen LogP contribution in [0.1, 0.15) is 31.5 Å². The molecule has 1 amide bonds. The van der Waals surface area contributed by atoms with Crippen LogP contribution in [0.5, 0.6) is 0 Å². The molecular formula is C36H60BN6O6Si2+. The summed E-state index contributed by atoms with van der Waals surface area (Å²) < 4.78 is 22.4. The molecule has 1 saturated carbocycles. The van der Waals surface area contributed by atoms with Crippen LogP contribution in [-0.2, 0) is 45.3 Å². The molecule has 3 heterocycles. The lowest BCUT2D eigenvalue weighted by Gasteiger charge is -2.33. The molecule has 2 aliphatic carbocycles. The molecule has 3 aliphatic rings. The number of nitrogens with zero attached hydrogens (tertiary/aromatic N) is 5. The Hall–Kier alpha value is -2.37. The molecule has 3 atom stereocenters. The molecule has 12 nitrogen and oxygen atoms in total. The Morgan fingerprint density at radius 3 is 2.45 bits per heavy atom. The number of carbonyl (C=O) groups excluding carboxylic acids is 1. The summed E-state index contributed by atoms with van der Waals surface area (Å²) in [5.41, 5.74) is 5.73. The average Bonchev–Trinajstić information content (AvgIpc) is 3.43. The Labute approximate surface area is 305 Å². The first-order valence-corrected chi connectivity index (χ1v) is 26.2. The van der Waals surface area contributed by atoms with Crippen molar-refractivity contribution in [1.29, 1.82) is 0 Å². The Morgan fingerprint density at radius 2 is 1.80 bits per heavy atom. The van der Waals surface area contributed by atoms with Crippen molar-refractivity contribution in [2.24, 2.45) is 11.3 Å². The average molecular weight is 740 g/mol. The van der Waals surface area contributed by atoms with Crippen LogP contribution in [0.25, 0.3) is 22.6 Å². The van der Waals surface area contributed by atoms with Crippen LogP contribution in [0.2, 0.25) is 51.4 Å². The van der Waals surface area contributed by atoms with Crippen molar-refractivity contribution in [2.75, 3.05) is 51.5 Å². The minimum Gasteiger partial charge on any atom is -0.423 e. The highest BCUT2D eigenvalue weighted by molar-refractivity contribution is 6.76. The van der Waals surface area contributed by atoms with Crippen molar-refractivity contribution in [2.45, 2.75) is 104 Å². The summed E-state index contributed by atoms with van der Waals surface area (Å²) in [5.74, 6) is 1.24. The van der Waals surface area contributed by atoms with Crippen molar-refractivity contribution in [3.63, 3.8) is 0 Å². The fraction of sp³-hybridized carbons (Fsp3) is 0.694. The monoisotopic (exact) mass is 739 g/mol.